The second kappa shape index (κ2) is 8.19. The Bertz CT molecular complexity index is 1080. The van der Waals surface area contributed by atoms with Crippen LogP contribution < -0.4 is 0 Å². The van der Waals surface area contributed by atoms with Crippen LogP contribution >= 0.6 is 0 Å². The van der Waals surface area contributed by atoms with Crippen molar-refractivity contribution < 1.29 is 0 Å². The average molecular weight is 367 g/mol. The van der Waals surface area contributed by atoms with Gasteiger partial charge in [-0.25, -0.2) is 0 Å². The summed E-state index contributed by atoms with van der Waals surface area (Å²) in [4.78, 5) is 0. The maximum absolute atomic E-state index is 2.35. The highest BCUT2D eigenvalue weighted by atomic mass is 14.2. The summed E-state index contributed by atoms with van der Waals surface area (Å²) in [6.45, 7) is 6.54. The van der Waals surface area contributed by atoms with E-state index >= 15 is 0 Å². The molecule has 0 amide bonds. The lowest BCUT2D eigenvalue weighted by atomic mass is 9.86. The van der Waals surface area contributed by atoms with Crippen molar-refractivity contribution in [2.45, 2.75) is 52.4 Å². The van der Waals surface area contributed by atoms with Crippen molar-refractivity contribution in [2.75, 3.05) is 0 Å². The van der Waals surface area contributed by atoms with Crippen LogP contribution in [0.1, 0.15) is 54.9 Å². The van der Waals surface area contributed by atoms with Crippen molar-refractivity contribution in [3.8, 4) is 0 Å². The molecule has 4 aromatic rings. The Morgan fingerprint density at radius 3 is 2.14 bits per heavy atom. The standard InChI is InChI=1S/C18H16.C10H14/c1-3-7-15-13(5-1)9-11-18-16-8-4-2-6-14(16)10-12-17(15)18;1-8(2)10-6-4-9(3)5-7-10/h1,3,5,7,9-12H,2,4,6,8H2;4-8H,1-3H3. The minimum atomic E-state index is 0.653. The number of benzene rings is 4. The van der Waals surface area contributed by atoms with E-state index in [4.69, 9.17) is 0 Å². The first kappa shape index (κ1) is 18.7. The van der Waals surface area contributed by atoms with Crippen molar-refractivity contribution in [2.24, 2.45) is 0 Å². The number of hydrogen-bond donors (Lipinski definition) is 0. The van der Waals surface area contributed by atoms with Gasteiger partial charge in [0, 0.05) is 0 Å². The third-order valence-corrected chi connectivity index (χ3v) is 6.00. The van der Waals surface area contributed by atoms with Crippen LogP contribution in [-0.2, 0) is 12.8 Å². The Kier molecular flexibility index (Phi) is 5.48. The minimum absolute atomic E-state index is 0.653. The fourth-order valence-electron chi connectivity index (χ4n) is 4.29. The molecule has 0 saturated heterocycles. The largest absolute Gasteiger partial charge is 0.0616 e. The lowest BCUT2D eigenvalue weighted by Crippen LogP contribution is -2.02. The summed E-state index contributed by atoms with van der Waals surface area (Å²) in [5.74, 6) is 0.653. The van der Waals surface area contributed by atoms with E-state index in [-0.39, 0.29) is 0 Å². The zero-order chi connectivity index (χ0) is 19.5. The first-order valence-corrected chi connectivity index (χ1v) is 10.6. The molecule has 0 bridgehead atoms. The summed E-state index contributed by atoms with van der Waals surface area (Å²) in [5, 5.41) is 5.64. The SMILES string of the molecule is Cc1ccc(C(C)C)cc1.c1ccc2c(c1)ccc1c3c(ccc12)CCCC3. The van der Waals surface area contributed by atoms with Gasteiger partial charge in [0.2, 0.25) is 0 Å². The first-order chi connectivity index (χ1) is 13.6. The van der Waals surface area contributed by atoms with Gasteiger partial charge in [0.15, 0.2) is 0 Å². The van der Waals surface area contributed by atoms with Crippen molar-refractivity contribution in [3.05, 3.63) is 95.1 Å². The number of aryl methyl sites for hydroxylation is 3. The summed E-state index contributed by atoms with van der Waals surface area (Å²) in [6.07, 6.45) is 5.22. The van der Waals surface area contributed by atoms with Crippen molar-refractivity contribution >= 4 is 21.5 Å². The molecular weight excluding hydrogens is 336 g/mol. The summed E-state index contributed by atoms with van der Waals surface area (Å²) in [7, 11) is 0. The average Bonchev–Trinajstić information content (AvgIpc) is 2.74. The molecule has 0 saturated carbocycles. The van der Waals surface area contributed by atoms with E-state index in [1.165, 1.54) is 58.4 Å². The topological polar surface area (TPSA) is 0 Å². The zero-order valence-electron chi connectivity index (χ0n) is 17.3. The fourth-order valence-corrected chi connectivity index (χ4v) is 4.29. The van der Waals surface area contributed by atoms with Crippen LogP contribution in [0.15, 0.2) is 72.8 Å². The molecule has 1 aliphatic carbocycles. The van der Waals surface area contributed by atoms with Crippen LogP contribution in [0.3, 0.4) is 0 Å². The Balaban J connectivity index is 0.000000165. The third-order valence-electron chi connectivity index (χ3n) is 6.00. The number of hydrogen-bond acceptors (Lipinski definition) is 0. The van der Waals surface area contributed by atoms with Gasteiger partial charge < -0.3 is 0 Å². The Morgan fingerprint density at radius 2 is 1.36 bits per heavy atom. The van der Waals surface area contributed by atoms with Gasteiger partial charge in [-0.2, -0.15) is 0 Å². The van der Waals surface area contributed by atoms with Crippen LogP contribution in [0.25, 0.3) is 21.5 Å². The maximum Gasteiger partial charge on any atom is -0.0102 e. The second-order valence-corrected chi connectivity index (χ2v) is 8.36. The van der Waals surface area contributed by atoms with Gasteiger partial charge in [-0.3, -0.25) is 0 Å². The molecule has 4 aromatic carbocycles. The molecule has 0 unspecified atom stereocenters. The van der Waals surface area contributed by atoms with Crippen LogP contribution in [0.5, 0.6) is 0 Å². The van der Waals surface area contributed by atoms with Crippen molar-refractivity contribution in [3.63, 3.8) is 0 Å². The Labute approximate surface area is 169 Å². The van der Waals surface area contributed by atoms with Gasteiger partial charge in [-0.05, 0) is 76.8 Å². The normalized spacial score (nSPS) is 13.3. The van der Waals surface area contributed by atoms with Gasteiger partial charge in [-0.1, -0.05) is 92.2 Å². The highest BCUT2D eigenvalue weighted by molar-refractivity contribution is 6.08. The van der Waals surface area contributed by atoms with Gasteiger partial charge in [-0.15, -0.1) is 0 Å². The van der Waals surface area contributed by atoms with E-state index in [0.29, 0.717) is 5.92 Å². The number of fused-ring (bicyclic) bond motifs is 5. The third kappa shape index (κ3) is 3.83. The van der Waals surface area contributed by atoms with Gasteiger partial charge >= 0.3 is 0 Å². The fraction of sp³-hybridized carbons (Fsp3) is 0.286. The molecule has 0 heterocycles. The molecule has 28 heavy (non-hydrogen) atoms. The predicted octanol–water partition coefficient (Wildman–Crippen LogP) is 7.99. The minimum Gasteiger partial charge on any atom is -0.0616 e. The first-order valence-electron chi connectivity index (χ1n) is 10.6. The Morgan fingerprint density at radius 1 is 0.643 bits per heavy atom. The van der Waals surface area contributed by atoms with Gasteiger partial charge in [0.05, 0.1) is 0 Å². The molecule has 0 radical (unpaired) electrons. The highest BCUT2D eigenvalue weighted by Gasteiger charge is 2.13. The summed E-state index contributed by atoms with van der Waals surface area (Å²) < 4.78 is 0. The molecule has 0 fully saturated rings. The summed E-state index contributed by atoms with van der Waals surface area (Å²) in [6, 6.07) is 26.7. The van der Waals surface area contributed by atoms with Gasteiger partial charge in [0.25, 0.3) is 0 Å². The molecule has 0 nitrogen and oxygen atoms in total. The smallest absolute Gasteiger partial charge is 0.0102 e. The monoisotopic (exact) mass is 366 g/mol. The maximum atomic E-state index is 2.35. The zero-order valence-corrected chi connectivity index (χ0v) is 17.3. The van der Waals surface area contributed by atoms with Crippen molar-refractivity contribution in [1.29, 1.82) is 0 Å². The Hall–Kier alpha value is -2.60. The molecule has 0 aliphatic heterocycles. The van der Waals surface area contributed by atoms with E-state index in [1.807, 2.05) is 0 Å². The molecular formula is C28H30. The molecule has 5 rings (SSSR count). The summed E-state index contributed by atoms with van der Waals surface area (Å²) >= 11 is 0. The molecule has 0 atom stereocenters. The van der Waals surface area contributed by atoms with Crippen LogP contribution in [0.4, 0.5) is 0 Å². The van der Waals surface area contributed by atoms with E-state index < -0.39 is 0 Å². The molecule has 0 spiro atoms. The summed E-state index contributed by atoms with van der Waals surface area (Å²) in [5.41, 5.74) is 5.93. The molecule has 0 heteroatoms. The lowest BCUT2D eigenvalue weighted by Gasteiger charge is -2.18. The van der Waals surface area contributed by atoms with Crippen LogP contribution in [0, 0.1) is 6.92 Å². The van der Waals surface area contributed by atoms with Gasteiger partial charge in [0.1, 0.15) is 0 Å². The molecule has 1 aliphatic rings. The number of rotatable bonds is 1. The quantitative estimate of drug-likeness (QED) is 0.299. The predicted molar refractivity (Wildman–Crippen MR) is 123 cm³/mol. The highest BCUT2D eigenvalue weighted by Crippen LogP contribution is 2.33. The van der Waals surface area contributed by atoms with Crippen LogP contribution in [0.2, 0.25) is 0 Å². The van der Waals surface area contributed by atoms with Crippen molar-refractivity contribution in [1.82, 2.24) is 0 Å². The van der Waals surface area contributed by atoms with Crippen LogP contribution in [-0.4, -0.2) is 0 Å². The molecule has 142 valence electrons. The van der Waals surface area contributed by atoms with E-state index in [9.17, 15) is 0 Å². The van der Waals surface area contributed by atoms with E-state index in [2.05, 4.69) is 93.6 Å². The molecule has 0 N–H and O–H groups in total. The second-order valence-electron chi connectivity index (χ2n) is 8.36. The van der Waals surface area contributed by atoms with E-state index in [1.54, 1.807) is 11.1 Å². The molecule has 0 aromatic heterocycles. The van der Waals surface area contributed by atoms with E-state index in [0.717, 1.165) is 0 Å². The lowest BCUT2D eigenvalue weighted by molar-refractivity contribution is 0.690.